The topological polar surface area (TPSA) is 86.2 Å². The third-order valence-corrected chi connectivity index (χ3v) is 4.33. The molecule has 7 nitrogen and oxygen atoms in total. The van der Waals surface area contributed by atoms with E-state index in [1.54, 1.807) is 38.3 Å². The van der Waals surface area contributed by atoms with Gasteiger partial charge in [0.05, 0.1) is 12.7 Å². The van der Waals surface area contributed by atoms with Crippen LogP contribution in [-0.4, -0.2) is 22.5 Å². The molecule has 0 fully saturated rings. The highest BCUT2D eigenvalue weighted by atomic mass is 19.4. The van der Waals surface area contributed by atoms with Gasteiger partial charge in [-0.15, -0.1) is 5.10 Å². The Kier molecular flexibility index (Phi) is 4.90. The molecule has 0 aliphatic carbocycles. The average molecular weight is 416 g/mol. The lowest BCUT2D eigenvalue weighted by Crippen LogP contribution is -2.04. The molecule has 0 radical (unpaired) electrons. The molecule has 2 heterocycles. The van der Waals surface area contributed by atoms with E-state index in [1.807, 2.05) is 0 Å². The largest absolute Gasteiger partial charge is 0.497 e. The lowest BCUT2D eigenvalue weighted by atomic mass is 10.0. The number of anilines is 2. The van der Waals surface area contributed by atoms with Gasteiger partial charge in [-0.2, -0.15) is 13.2 Å². The number of methoxy groups -OCH3 is 1. The monoisotopic (exact) mass is 416 g/mol. The van der Waals surface area contributed by atoms with Gasteiger partial charge in [0, 0.05) is 11.3 Å². The van der Waals surface area contributed by atoms with Gasteiger partial charge >= 0.3 is 12.2 Å². The number of ether oxygens (including phenoxy) is 1. The summed E-state index contributed by atoms with van der Waals surface area (Å²) in [6.07, 6.45) is -4.42. The lowest BCUT2D eigenvalue weighted by molar-refractivity contribution is -0.137. The summed E-state index contributed by atoms with van der Waals surface area (Å²) in [7, 11) is 1.57. The van der Waals surface area contributed by atoms with E-state index >= 15 is 0 Å². The Morgan fingerprint density at radius 2 is 1.67 bits per heavy atom. The molecule has 10 heteroatoms. The lowest BCUT2D eigenvalue weighted by Gasteiger charge is -2.06. The number of rotatable bonds is 5. The highest BCUT2D eigenvalue weighted by Crippen LogP contribution is 2.36. The summed E-state index contributed by atoms with van der Waals surface area (Å²) in [5.74, 6) is 1.22. The highest BCUT2D eigenvalue weighted by Gasteiger charge is 2.30. The van der Waals surface area contributed by atoms with Gasteiger partial charge in [0.15, 0.2) is 0 Å². The van der Waals surface area contributed by atoms with E-state index in [1.165, 1.54) is 12.1 Å². The predicted molar refractivity (Wildman–Crippen MR) is 101 cm³/mol. The Bertz CT molecular complexity index is 1150. The van der Waals surface area contributed by atoms with Crippen molar-refractivity contribution < 1.29 is 26.8 Å². The van der Waals surface area contributed by atoms with Crippen molar-refractivity contribution in [1.29, 1.82) is 0 Å². The second-order valence-electron chi connectivity index (χ2n) is 6.30. The predicted octanol–water partition coefficient (Wildman–Crippen LogP) is 5.47. The first-order valence-corrected chi connectivity index (χ1v) is 8.74. The van der Waals surface area contributed by atoms with E-state index in [4.69, 9.17) is 13.7 Å². The van der Waals surface area contributed by atoms with Crippen LogP contribution in [-0.2, 0) is 6.18 Å². The number of nitrogens with one attached hydrogen (secondary N) is 1. The zero-order chi connectivity index (χ0) is 21.3. The van der Waals surface area contributed by atoms with Gasteiger partial charge in [0.1, 0.15) is 22.8 Å². The second kappa shape index (κ2) is 7.54. The zero-order valence-corrected chi connectivity index (χ0v) is 15.8. The summed E-state index contributed by atoms with van der Waals surface area (Å²) in [4.78, 5) is 0. The van der Waals surface area contributed by atoms with Crippen molar-refractivity contribution in [2.24, 2.45) is 0 Å². The third kappa shape index (κ3) is 3.84. The van der Waals surface area contributed by atoms with Crippen LogP contribution in [0.3, 0.4) is 0 Å². The van der Waals surface area contributed by atoms with E-state index in [-0.39, 0.29) is 11.9 Å². The van der Waals surface area contributed by atoms with Gasteiger partial charge in [0.25, 0.3) is 5.89 Å². The molecule has 0 saturated heterocycles. The van der Waals surface area contributed by atoms with Gasteiger partial charge in [-0.25, -0.2) is 0 Å². The molecule has 4 rings (SSSR count). The van der Waals surface area contributed by atoms with Gasteiger partial charge in [0.2, 0.25) is 0 Å². The van der Waals surface area contributed by atoms with E-state index in [0.717, 1.165) is 12.1 Å². The van der Waals surface area contributed by atoms with Crippen molar-refractivity contribution >= 4 is 11.7 Å². The Morgan fingerprint density at radius 3 is 2.30 bits per heavy atom. The van der Waals surface area contributed by atoms with Gasteiger partial charge in [-0.05, 0) is 43.3 Å². The van der Waals surface area contributed by atoms with Crippen LogP contribution in [0.5, 0.6) is 5.75 Å². The number of aryl methyl sites for hydroxylation is 1. The van der Waals surface area contributed by atoms with Crippen LogP contribution in [0.4, 0.5) is 24.9 Å². The summed E-state index contributed by atoms with van der Waals surface area (Å²) in [6.45, 7) is 1.65. The SMILES string of the molecule is COc1ccc(Nc2nnc(-c3c(-c4ccc(C(F)(F)F)cc4)noc3C)o2)cc1. The first kappa shape index (κ1) is 19.5. The standard InChI is InChI=1S/C20H15F3N4O3/c1-11-16(17(27-30-11)12-3-5-13(6-4-12)20(21,22)23)18-25-26-19(29-18)24-14-7-9-15(28-2)10-8-14/h3-10H,1-2H3,(H,24,26). The van der Waals surface area contributed by atoms with Crippen molar-refractivity contribution in [3.05, 3.63) is 59.9 Å². The van der Waals surface area contributed by atoms with Crippen LogP contribution in [0.15, 0.2) is 57.5 Å². The van der Waals surface area contributed by atoms with Gasteiger partial charge in [-0.3, -0.25) is 0 Å². The number of nitrogens with zero attached hydrogens (tertiary/aromatic N) is 3. The van der Waals surface area contributed by atoms with Crippen molar-refractivity contribution in [1.82, 2.24) is 15.4 Å². The minimum absolute atomic E-state index is 0.125. The molecule has 2 aromatic carbocycles. The molecule has 0 aliphatic rings. The molecule has 0 atom stereocenters. The zero-order valence-electron chi connectivity index (χ0n) is 15.8. The first-order valence-electron chi connectivity index (χ1n) is 8.74. The summed E-state index contributed by atoms with van der Waals surface area (Å²) >= 11 is 0. The van der Waals surface area contributed by atoms with E-state index in [2.05, 4.69) is 20.7 Å². The smallest absolute Gasteiger partial charge is 0.416 e. The van der Waals surface area contributed by atoms with Crippen LogP contribution in [0.25, 0.3) is 22.7 Å². The molecular weight excluding hydrogens is 401 g/mol. The Labute approximate surface area is 168 Å². The number of benzene rings is 2. The third-order valence-electron chi connectivity index (χ3n) is 4.33. The minimum atomic E-state index is -4.42. The summed E-state index contributed by atoms with van der Waals surface area (Å²) in [5.41, 5.74) is 1.09. The van der Waals surface area contributed by atoms with Crippen molar-refractivity contribution in [3.8, 4) is 28.5 Å². The molecule has 0 aliphatic heterocycles. The highest BCUT2D eigenvalue weighted by molar-refractivity contribution is 5.78. The van der Waals surface area contributed by atoms with E-state index < -0.39 is 11.7 Å². The van der Waals surface area contributed by atoms with Crippen molar-refractivity contribution in [2.75, 3.05) is 12.4 Å². The minimum Gasteiger partial charge on any atom is -0.497 e. The van der Waals surface area contributed by atoms with Gasteiger partial charge in [-0.1, -0.05) is 22.4 Å². The number of aromatic nitrogens is 3. The fourth-order valence-corrected chi connectivity index (χ4v) is 2.81. The number of hydrogen-bond acceptors (Lipinski definition) is 7. The molecule has 30 heavy (non-hydrogen) atoms. The van der Waals surface area contributed by atoms with Crippen LogP contribution < -0.4 is 10.1 Å². The molecule has 2 aromatic heterocycles. The van der Waals surface area contributed by atoms with Crippen LogP contribution in [0, 0.1) is 6.92 Å². The number of halogens is 3. The molecule has 0 bridgehead atoms. The first-order chi connectivity index (χ1) is 14.3. The van der Waals surface area contributed by atoms with Crippen LogP contribution in [0.2, 0.25) is 0 Å². The molecule has 1 N–H and O–H groups in total. The Balaban J connectivity index is 1.62. The van der Waals surface area contributed by atoms with Crippen molar-refractivity contribution in [2.45, 2.75) is 13.1 Å². The maximum Gasteiger partial charge on any atom is 0.416 e. The maximum absolute atomic E-state index is 12.8. The fourth-order valence-electron chi connectivity index (χ4n) is 2.81. The average Bonchev–Trinajstić information content (AvgIpc) is 3.34. The molecule has 0 spiro atoms. The molecule has 154 valence electrons. The number of hydrogen-bond donors (Lipinski definition) is 1. The molecule has 4 aromatic rings. The van der Waals surface area contributed by atoms with E-state index in [0.29, 0.717) is 34.0 Å². The molecular formula is C20H15F3N4O3. The van der Waals surface area contributed by atoms with Crippen LogP contribution >= 0.6 is 0 Å². The van der Waals surface area contributed by atoms with Crippen LogP contribution in [0.1, 0.15) is 11.3 Å². The molecule has 0 saturated carbocycles. The summed E-state index contributed by atoms with van der Waals surface area (Å²) < 4.78 is 54.4. The Hall–Kier alpha value is -3.82. The second-order valence-corrected chi connectivity index (χ2v) is 6.30. The quantitative estimate of drug-likeness (QED) is 0.462. The van der Waals surface area contributed by atoms with Gasteiger partial charge < -0.3 is 19.0 Å². The fraction of sp³-hybridized carbons (Fsp3) is 0.150. The molecule has 0 amide bonds. The Morgan fingerprint density at radius 1 is 0.967 bits per heavy atom. The molecule has 0 unspecified atom stereocenters. The maximum atomic E-state index is 12.8. The summed E-state index contributed by atoms with van der Waals surface area (Å²) in [6, 6.07) is 11.8. The normalized spacial score (nSPS) is 11.5. The number of alkyl halides is 3. The summed E-state index contributed by atoms with van der Waals surface area (Å²) in [5, 5.41) is 14.9. The van der Waals surface area contributed by atoms with E-state index in [9.17, 15) is 13.2 Å². The van der Waals surface area contributed by atoms with Crippen molar-refractivity contribution in [3.63, 3.8) is 0 Å².